The lowest BCUT2D eigenvalue weighted by molar-refractivity contribution is 0.392. The van der Waals surface area contributed by atoms with E-state index in [9.17, 15) is 12.8 Å². The van der Waals surface area contributed by atoms with Crippen LogP contribution in [0.5, 0.6) is 0 Å². The molecule has 1 aliphatic rings. The van der Waals surface area contributed by atoms with Crippen molar-refractivity contribution in [1.29, 1.82) is 0 Å². The smallest absolute Gasteiger partial charge is 0.242 e. The molecule has 0 aliphatic carbocycles. The molecule has 0 radical (unpaired) electrons. The molecule has 0 bridgehead atoms. The first-order valence-electron chi connectivity index (χ1n) is 11.8. The molecule has 0 saturated carbocycles. The number of nitrogens with zero attached hydrogens (tertiary/aromatic N) is 5. The molecule has 3 aromatic rings. The van der Waals surface area contributed by atoms with Gasteiger partial charge in [-0.3, -0.25) is 9.73 Å². The summed E-state index contributed by atoms with van der Waals surface area (Å²) in [6, 6.07) is 6.15. The number of benzene rings is 1. The molecular formula is C24H30FN7O2S3. The van der Waals surface area contributed by atoms with E-state index in [1.165, 1.54) is 34.7 Å². The predicted octanol–water partition coefficient (Wildman–Crippen LogP) is 4.74. The van der Waals surface area contributed by atoms with Gasteiger partial charge < -0.3 is 5.32 Å². The minimum atomic E-state index is -3.89. The Morgan fingerprint density at radius 3 is 2.78 bits per heavy atom. The SMILES string of the molecule is CSCCCNc1nccc(-c2sc(C(C)C)nc2-c2ccc(F)c(NS(=O)(=O)C3C=NN(C)C3)c2)n1. The van der Waals surface area contributed by atoms with E-state index in [0.717, 1.165) is 28.6 Å². The molecule has 0 saturated heterocycles. The molecule has 9 nitrogen and oxygen atoms in total. The average molecular weight is 564 g/mol. The largest absolute Gasteiger partial charge is 0.354 e. The number of thioether (sulfide) groups is 1. The van der Waals surface area contributed by atoms with Crippen LogP contribution in [0.2, 0.25) is 0 Å². The molecule has 1 aromatic carbocycles. The number of hydrazone groups is 1. The monoisotopic (exact) mass is 563 g/mol. The standard InChI is InChI=1S/C24H30FN7O2S3/c1-15(2)23-30-21(22(36-23)19-8-10-27-24(29-19)26-9-5-11-35-4)16-6-7-18(25)20(12-16)31-37(33,34)17-13-28-32(3)14-17/h6-8,10,12-13,15,17,31H,5,9,11,14H2,1-4H3,(H,26,27,29). The highest BCUT2D eigenvalue weighted by molar-refractivity contribution is 7.98. The Hall–Kier alpha value is -2.77. The summed E-state index contributed by atoms with van der Waals surface area (Å²) in [4.78, 5) is 14.7. The number of halogens is 1. The fraction of sp³-hybridized carbons (Fsp3) is 0.417. The third-order valence-electron chi connectivity index (χ3n) is 5.60. The molecule has 37 heavy (non-hydrogen) atoms. The number of hydrogen-bond acceptors (Lipinski definition) is 10. The Kier molecular flexibility index (Phi) is 8.65. The van der Waals surface area contributed by atoms with Crippen molar-refractivity contribution < 1.29 is 12.8 Å². The summed E-state index contributed by atoms with van der Waals surface area (Å²) in [5, 5.41) is 8.79. The van der Waals surface area contributed by atoms with E-state index in [0.29, 0.717) is 22.9 Å². The molecule has 4 rings (SSSR count). The van der Waals surface area contributed by atoms with Crippen LogP contribution in [0.1, 0.15) is 31.2 Å². The van der Waals surface area contributed by atoms with Crippen LogP contribution in [-0.2, 0) is 10.0 Å². The van der Waals surface area contributed by atoms with Crippen molar-refractivity contribution in [2.24, 2.45) is 5.10 Å². The molecule has 3 heterocycles. The summed E-state index contributed by atoms with van der Waals surface area (Å²) in [6.07, 6.45) is 6.11. The minimum Gasteiger partial charge on any atom is -0.354 e. The lowest BCUT2D eigenvalue weighted by Crippen LogP contribution is -2.32. The van der Waals surface area contributed by atoms with E-state index in [1.807, 2.05) is 6.07 Å². The zero-order valence-corrected chi connectivity index (χ0v) is 23.6. The fourth-order valence-electron chi connectivity index (χ4n) is 3.64. The highest BCUT2D eigenvalue weighted by Gasteiger charge is 2.30. The summed E-state index contributed by atoms with van der Waals surface area (Å²) in [5.41, 5.74) is 1.76. The van der Waals surface area contributed by atoms with Crippen molar-refractivity contribution in [2.45, 2.75) is 31.4 Å². The van der Waals surface area contributed by atoms with E-state index in [4.69, 9.17) is 9.97 Å². The van der Waals surface area contributed by atoms with Gasteiger partial charge in [-0.15, -0.1) is 11.3 Å². The summed E-state index contributed by atoms with van der Waals surface area (Å²) < 4.78 is 42.9. The van der Waals surface area contributed by atoms with Crippen LogP contribution in [0, 0.1) is 5.82 Å². The summed E-state index contributed by atoms with van der Waals surface area (Å²) in [7, 11) is -2.20. The first kappa shape index (κ1) is 27.3. The van der Waals surface area contributed by atoms with Gasteiger partial charge in [-0.1, -0.05) is 13.8 Å². The van der Waals surface area contributed by atoms with Crippen molar-refractivity contribution >= 4 is 51.0 Å². The lowest BCUT2D eigenvalue weighted by Gasteiger charge is -2.14. The van der Waals surface area contributed by atoms with Crippen LogP contribution in [-0.4, -0.2) is 72.0 Å². The number of hydrogen-bond donors (Lipinski definition) is 2. The summed E-state index contributed by atoms with van der Waals surface area (Å²) in [5.74, 6) is 1.07. The zero-order chi connectivity index (χ0) is 26.6. The van der Waals surface area contributed by atoms with Gasteiger partial charge in [0.1, 0.15) is 11.1 Å². The van der Waals surface area contributed by atoms with Crippen molar-refractivity contribution in [3.8, 4) is 21.8 Å². The molecular weight excluding hydrogens is 534 g/mol. The predicted molar refractivity (Wildman–Crippen MR) is 152 cm³/mol. The van der Waals surface area contributed by atoms with Crippen molar-refractivity contribution in [1.82, 2.24) is 20.0 Å². The minimum absolute atomic E-state index is 0.135. The maximum Gasteiger partial charge on any atom is 0.242 e. The molecule has 1 aliphatic heterocycles. The van der Waals surface area contributed by atoms with Crippen molar-refractivity contribution in [3.05, 3.63) is 41.3 Å². The molecule has 0 amide bonds. The van der Waals surface area contributed by atoms with Gasteiger partial charge in [0.25, 0.3) is 0 Å². The van der Waals surface area contributed by atoms with Gasteiger partial charge in [0.05, 0.1) is 33.5 Å². The fourth-order valence-corrected chi connectivity index (χ4v) is 6.37. The van der Waals surface area contributed by atoms with Gasteiger partial charge in [0.15, 0.2) is 0 Å². The molecule has 13 heteroatoms. The van der Waals surface area contributed by atoms with Gasteiger partial charge in [0.2, 0.25) is 16.0 Å². The van der Waals surface area contributed by atoms with Gasteiger partial charge in [-0.05, 0) is 42.7 Å². The molecule has 2 N–H and O–H groups in total. The number of sulfonamides is 1. The zero-order valence-electron chi connectivity index (χ0n) is 21.1. The average Bonchev–Trinajstić information content (AvgIpc) is 3.51. The van der Waals surface area contributed by atoms with Gasteiger partial charge in [0, 0.05) is 37.5 Å². The highest BCUT2D eigenvalue weighted by atomic mass is 32.2. The van der Waals surface area contributed by atoms with Crippen LogP contribution in [0.4, 0.5) is 16.0 Å². The number of rotatable bonds is 11. The Bertz CT molecular complexity index is 1380. The Morgan fingerprint density at radius 1 is 1.27 bits per heavy atom. The number of thiazole rings is 1. The first-order valence-corrected chi connectivity index (χ1v) is 15.6. The third-order valence-corrected chi connectivity index (χ3v) is 9.25. The maximum atomic E-state index is 14.7. The van der Waals surface area contributed by atoms with Crippen LogP contribution in [0.25, 0.3) is 21.8 Å². The second-order valence-corrected chi connectivity index (χ2v) is 12.8. The molecule has 0 fully saturated rings. The summed E-state index contributed by atoms with van der Waals surface area (Å²) in [6.45, 7) is 5.07. The van der Waals surface area contributed by atoms with E-state index in [1.54, 1.807) is 31.1 Å². The second kappa shape index (κ2) is 11.7. The second-order valence-electron chi connectivity index (χ2n) is 8.91. The van der Waals surface area contributed by atoms with Crippen molar-refractivity contribution in [3.63, 3.8) is 0 Å². The number of anilines is 2. The Labute approximate surface area is 225 Å². The number of nitrogens with one attached hydrogen (secondary N) is 2. The van der Waals surface area contributed by atoms with Gasteiger partial charge in [-0.25, -0.2) is 27.8 Å². The lowest BCUT2D eigenvalue weighted by atomic mass is 10.1. The van der Waals surface area contributed by atoms with Gasteiger partial charge in [-0.2, -0.15) is 16.9 Å². The Balaban J connectivity index is 1.68. The molecule has 1 unspecified atom stereocenters. The highest BCUT2D eigenvalue weighted by Crippen LogP contribution is 2.39. The van der Waals surface area contributed by atoms with Gasteiger partial charge >= 0.3 is 0 Å². The Morgan fingerprint density at radius 2 is 2.08 bits per heavy atom. The molecule has 0 spiro atoms. The van der Waals surface area contributed by atoms with Crippen LogP contribution < -0.4 is 10.0 Å². The molecule has 1 atom stereocenters. The number of aromatic nitrogens is 3. The normalized spacial score (nSPS) is 15.5. The summed E-state index contributed by atoms with van der Waals surface area (Å²) >= 11 is 3.30. The quantitative estimate of drug-likeness (QED) is 0.322. The van der Waals surface area contributed by atoms with E-state index in [-0.39, 0.29) is 18.2 Å². The van der Waals surface area contributed by atoms with E-state index < -0.39 is 21.1 Å². The van der Waals surface area contributed by atoms with E-state index in [2.05, 4.69) is 40.2 Å². The van der Waals surface area contributed by atoms with Crippen LogP contribution in [0.15, 0.2) is 35.6 Å². The van der Waals surface area contributed by atoms with Crippen LogP contribution >= 0.6 is 23.1 Å². The van der Waals surface area contributed by atoms with Crippen molar-refractivity contribution in [2.75, 3.05) is 42.2 Å². The van der Waals surface area contributed by atoms with E-state index >= 15 is 0 Å². The molecule has 198 valence electrons. The first-order chi connectivity index (χ1) is 17.7. The van der Waals surface area contributed by atoms with Crippen LogP contribution in [0.3, 0.4) is 0 Å². The maximum absolute atomic E-state index is 14.7. The molecule has 2 aromatic heterocycles. The topological polar surface area (TPSA) is 112 Å². The third kappa shape index (κ3) is 6.57.